The molecule has 302 valence electrons. The van der Waals surface area contributed by atoms with E-state index in [9.17, 15) is 29.9 Å². The van der Waals surface area contributed by atoms with Gasteiger partial charge in [0.15, 0.2) is 0 Å². The van der Waals surface area contributed by atoms with Crippen molar-refractivity contribution in [3.05, 3.63) is 131 Å². The minimum Gasteiger partial charge on any atom is -0.480 e. The van der Waals surface area contributed by atoms with E-state index in [0.29, 0.717) is 45.4 Å². The Morgan fingerprint density at radius 3 is 1.70 bits per heavy atom. The van der Waals surface area contributed by atoms with Gasteiger partial charge in [-0.15, -0.1) is 0 Å². The molecule has 3 aliphatic rings. The molecule has 4 aromatic carbocycles. The van der Waals surface area contributed by atoms with Crippen LogP contribution in [0, 0.1) is 10.8 Å². The maximum Gasteiger partial charge on any atom is 0.451 e. The van der Waals surface area contributed by atoms with Crippen LogP contribution in [-0.2, 0) is 26.5 Å². The van der Waals surface area contributed by atoms with E-state index < -0.39 is 54.6 Å². The first kappa shape index (κ1) is 43.7. The van der Waals surface area contributed by atoms with Gasteiger partial charge >= 0.3 is 26.2 Å². The highest BCUT2D eigenvalue weighted by Gasteiger charge is 2.65. The number of aliphatic carboxylic acids is 2. The average Bonchev–Trinajstić information content (AvgIpc) is 3.46. The minimum atomic E-state index is -1.43. The summed E-state index contributed by atoms with van der Waals surface area (Å²) >= 11 is 0. The van der Waals surface area contributed by atoms with E-state index in [0.717, 1.165) is 33.4 Å². The Kier molecular flexibility index (Phi) is 14.5. The van der Waals surface area contributed by atoms with Crippen molar-refractivity contribution in [3.63, 3.8) is 0 Å². The van der Waals surface area contributed by atoms with Gasteiger partial charge in [0.2, 0.25) is 0 Å². The zero-order valence-corrected chi connectivity index (χ0v) is 31.3. The highest BCUT2D eigenvalue weighted by molar-refractivity contribution is 6.41. The van der Waals surface area contributed by atoms with Gasteiger partial charge in [-0.1, -0.05) is 129 Å². The second-order valence-corrected chi connectivity index (χ2v) is 15.3. The predicted octanol–water partition coefficient (Wildman–Crippen LogP) is 4.09. The van der Waals surface area contributed by atoms with Gasteiger partial charge in [0, 0.05) is 23.9 Å². The lowest BCUT2D eigenvalue weighted by Gasteiger charge is -2.62. The Morgan fingerprint density at radius 2 is 1.23 bits per heavy atom. The molecule has 4 atom stereocenters. The molecule has 2 fully saturated rings. The fraction of sp³-hybridized carbons (Fsp3) is 0.395. The number of carboxylic acid groups (broad SMARTS) is 2. The summed E-state index contributed by atoms with van der Waals surface area (Å²) in [5.41, 5.74) is 4.27. The number of carbonyl (C=O) groups is 2. The summed E-state index contributed by atoms with van der Waals surface area (Å²) in [6.45, 7) is 1.39. The molecule has 2 heterocycles. The van der Waals surface area contributed by atoms with E-state index in [1.165, 1.54) is 0 Å². The second-order valence-electron chi connectivity index (χ2n) is 15.3. The number of aliphatic hydroxyl groups is 1. The van der Waals surface area contributed by atoms with Gasteiger partial charge in [-0.25, -0.2) is 0 Å². The zero-order chi connectivity index (χ0) is 39.9. The maximum atomic E-state index is 13.3. The van der Waals surface area contributed by atoms with Crippen LogP contribution in [0.2, 0.25) is 12.6 Å². The SMILES string of the molecule is C.O=C(O)[C@H]1N(C2(c3ccccc3)c3ccccc3-c3ccccc32)C[C@]1(CCCB(O)O)COCc1ccccc1.O=C(O)[C@H]1NC[C@@]1(CO)CCCB(O)O. The number of carboxylic acids is 2. The summed E-state index contributed by atoms with van der Waals surface area (Å²) in [7, 11) is -2.79. The van der Waals surface area contributed by atoms with Crippen LogP contribution in [0.3, 0.4) is 0 Å². The number of ether oxygens (including phenoxy) is 1. The van der Waals surface area contributed by atoms with E-state index in [1.807, 2.05) is 72.8 Å². The van der Waals surface area contributed by atoms with Crippen molar-refractivity contribution in [2.75, 3.05) is 26.3 Å². The minimum absolute atomic E-state index is 0. The molecule has 0 amide bonds. The number of nitrogens with zero attached hydrogens (tertiary/aromatic N) is 1. The molecule has 7 rings (SSSR count). The normalized spacial score (nSPS) is 22.6. The number of nitrogens with one attached hydrogen (secondary N) is 1. The van der Waals surface area contributed by atoms with Crippen LogP contribution in [0.4, 0.5) is 0 Å². The Labute approximate surface area is 335 Å². The van der Waals surface area contributed by atoms with Crippen LogP contribution in [0.1, 0.15) is 55.4 Å². The molecule has 8 N–H and O–H groups in total. The molecule has 0 spiro atoms. The largest absolute Gasteiger partial charge is 0.480 e. The Balaban J connectivity index is 0.000000329. The number of hydrogen-bond acceptors (Lipinski definition) is 10. The molecule has 0 unspecified atom stereocenters. The summed E-state index contributed by atoms with van der Waals surface area (Å²) in [4.78, 5) is 26.2. The van der Waals surface area contributed by atoms with Crippen LogP contribution in [0.15, 0.2) is 109 Å². The molecule has 0 saturated carbocycles. The average molecular weight is 781 g/mol. The van der Waals surface area contributed by atoms with Crippen LogP contribution in [0.25, 0.3) is 11.1 Å². The van der Waals surface area contributed by atoms with E-state index in [-0.39, 0.29) is 33.3 Å². The molecule has 57 heavy (non-hydrogen) atoms. The lowest BCUT2D eigenvalue weighted by molar-refractivity contribution is -0.189. The fourth-order valence-corrected chi connectivity index (χ4v) is 9.05. The molecule has 4 aromatic rings. The molecule has 2 aliphatic heterocycles. The van der Waals surface area contributed by atoms with Crippen LogP contribution in [0.5, 0.6) is 0 Å². The number of hydrogen-bond donors (Lipinski definition) is 8. The molecular weight excluding hydrogens is 726 g/mol. The summed E-state index contributed by atoms with van der Waals surface area (Å²) in [6, 6.07) is 35.0. The smallest absolute Gasteiger partial charge is 0.451 e. The molecule has 0 aromatic heterocycles. The van der Waals surface area contributed by atoms with Crippen molar-refractivity contribution in [1.29, 1.82) is 0 Å². The van der Waals surface area contributed by atoms with E-state index in [4.69, 9.17) is 19.9 Å². The molecule has 1 aliphatic carbocycles. The molecule has 14 heteroatoms. The van der Waals surface area contributed by atoms with Gasteiger partial charge in [0.25, 0.3) is 0 Å². The standard InChI is InChI=1S/C34H34BNO5.C8H16BNO5.CH4/c37-32(38)31-33(20-11-21-35(39)40,24-41-22-25-12-3-1-4-13-25)23-36(31)34(26-14-5-2-6-15-26)29-18-9-7-16-27(29)28-17-8-10-19-30(28)34;11-5-8(2-1-3-9(14)15)4-10-6(8)7(12)13;/h1-10,12-19,31,39-40H,11,20-24H2,(H,37,38);6,10-11,14-15H,1-5H2,(H,12,13);1H4/t31-,33-;6-,8-;/m11./s1. The van der Waals surface area contributed by atoms with Gasteiger partial charge in [-0.3, -0.25) is 14.5 Å². The number of aliphatic hydroxyl groups excluding tert-OH is 1. The summed E-state index contributed by atoms with van der Waals surface area (Å²) in [5, 5.41) is 68.1. The molecular formula is C43H54B2N2O10. The molecule has 2 saturated heterocycles. The van der Waals surface area contributed by atoms with Crippen molar-refractivity contribution in [2.45, 2.75) is 70.0 Å². The quantitative estimate of drug-likeness (QED) is 0.0716. The molecule has 0 radical (unpaired) electrons. The van der Waals surface area contributed by atoms with Crippen LogP contribution in [-0.4, -0.2) is 105 Å². The predicted molar refractivity (Wildman–Crippen MR) is 219 cm³/mol. The van der Waals surface area contributed by atoms with Gasteiger partial charge in [-0.05, 0) is 58.9 Å². The first-order chi connectivity index (χ1) is 27.0. The van der Waals surface area contributed by atoms with Crippen molar-refractivity contribution in [1.82, 2.24) is 10.2 Å². The molecule has 12 nitrogen and oxygen atoms in total. The van der Waals surface area contributed by atoms with Crippen molar-refractivity contribution >= 4 is 26.2 Å². The lowest BCUT2D eigenvalue weighted by Crippen LogP contribution is -2.74. The number of rotatable bonds is 17. The molecule has 0 bridgehead atoms. The third-order valence-corrected chi connectivity index (χ3v) is 11.8. The summed E-state index contributed by atoms with van der Waals surface area (Å²) in [6.07, 6.45) is 2.33. The van der Waals surface area contributed by atoms with E-state index in [1.54, 1.807) is 0 Å². The van der Waals surface area contributed by atoms with E-state index >= 15 is 0 Å². The van der Waals surface area contributed by atoms with Crippen molar-refractivity contribution in [2.24, 2.45) is 10.8 Å². The monoisotopic (exact) mass is 780 g/mol. The Hall–Kier alpha value is -4.37. The van der Waals surface area contributed by atoms with Gasteiger partial charge in [-0.2, -0.15) is 0 Å². The zero-order valence-electron chi connectivity index (χ0n) is 31.3. The second kappa shape index (κ2) is 18.9. The number of likely N-dealkylation sites (tertiary alicyclic amines) is 1. The maximum absolute atomic E-state index is 13.3. The van der Waals surface area contributed by atoms with Crippen LogP contribution < -0.4 is 5.32 Å². The first-order valence-corrected chi connectivity index (χ1v) is 19.1. The number of benzene rings is 4. The Morgan fingerprint density at radius 1 is 0.719 bits per heavy atom. The first-order valence-electron chi connectivity index (χ1n) is 19.1. The summed E-state index contributed by atoms with van der Waals surface area (Å²) < 4.78 is 6.24. The topological polar surface area (TPSA) is 200 Å². The van der Waals surface area contributed by atoms with Crippen molar-refractivity contribution < 1.29 is 49.7 Å². The number of fused-ring (bicyclic) bond motifs is 3. The van der Waals surface area contributed by atoms with Gasteiger partial charge in [0.05, 0.1) is 25.4 Å². The van der Waals surface area contributed by atoms with Crippen molar-refractivity contribution in [3.8, 4) is 11.1 Å². The van der Waals surface area contributed by atoms with Crippen LogP contribution >= 0.6 is 0 Å². The third kappa shape index (κ3) is 8.74. The highest BCUT2D eigenvalue weighted by Crippen LogP contribution is 2.60. The Bertz CT molecular complexity index is 1890. The van der Waals surface area contributed by atoms with E-state index in [2.05, 4.69) is 46.6 Å². The highest BCUT2D eigenvalue weighted by atomic mass is 16.5. The lowest BCUT2D eigenvalue weighted by atomic mass is 9.62. The third-order valence-electron chi connectivity index (χ3n) is 11.8. The van der Waals surface area contributed by atoms with Gasteiger partial charge in [0.1, 0.15) is 12.1 Å². The fourth-order valence-electron chi connectivity index (χ4n) is 9.05. The summed E-state index contributed by atoms with van der Waals surface area (Å²) in [5.74, 6) is -1.87. The van der Waals surface area contributed by atoms with Gasteiger partial charge < -0.3 is 45.5 Å².